The summed E-state index contributed by atoms with van der Waals surface area (Å²) in [4.78, 5) is 12.9. The predicted octanol–water partition coefficient (Wildman–Crippen LogP) is 3.11. The number of hydrogen-bond acceptors (Lipinski definition) is 4. The van der Waals surface area contributed by atoms with Crippen LogP contribution in [0.5, 0.6) is 11.5 Å². The van der Waals surface area contributed by atoms with Gasteiger partial charge in [-0.3, -0.25) is 9.69 Å². The van der Waals surface area contributed by atoms with Crippen LogP contribution in [0.2, 0.25) is 0 Å². The van der Waals surface area contributed by atoms with Crippen molar-refractivity contribution in [1.29, 1.82) is 0 Å². The van der Waals surface area contributed by atoms with Crippen LogP contribution in [0.3, 0.4) is 0 Å². The summed E-state index contributed by atoms with van der Waals surface area (Å²) in [6, 6.07) is 14.2. The average Bonchev–Trinajstić information content (AvgIpc) is 2.60. The molecule has 0 spiro atoms. The molecule has 3 rings (SSSR count). The van der Waals surface area contributed by atoms with Gasteiger partial charge < -0.3 is 14.6 Å². The van der Waals surface area contributed by atoms with E-state index in [-0.39, 0.29) is 6.42 Å². The van der Waals surface area contributed by atoms with Gasteiger partial charge in [0, 0.05) is 19.5 Å². The number of aryl methyl sites for hydroxylation is 1. The van der Waals surface area contributed by atoms with Gasteiger partial charge in [-0.25, -0.2) is 0 Å². The molecule has 2 aromatic rings. The zero-order valence-electron chi connectivity index (χ0n) is 14.4. The third-order valence-corrected chi connectivity index (χ3v) is 4.13. The van der Waals surface area contributed by atoms with Crippen LogP contribution in [-0.2, 0) is 24.3 Å². The Morgan fingerprint density at radius 2 is 1.68 bits per heavy atom. The fourth-order valence-corrected chi connectivity index (χ4v) is 3.00. The fraction of sp³-hybridized carbons (Fsp3) is 0.350. The average molecular weight is 341 g/mol. The van der Waals surface area contributed by atoms with E-state index in [9.17, 15) is 4.79 Å². The van der Waals surface area contributed by atoms with Crippen LogP contribution in [-0.4, -0.2) is 36.2 Å². The molecule has 1 N–H and O–H groups in total. The van der Waals surface area contributed by atoms with Crippen molar-refractivity contribution in [2.24, 2.45) is 0 Å². The van der Waals surface area contributed by atoms with Gasteiger partial charge in [0.15, 0.2) is 11.5 Å². The molecule has 1 aliphatic heterocycles. The van der Waals surface area contributed by atoms with Crippen LogP contribution in [0.4, 0.5) is 0 Å². The monoisotopic (exact) mass is 341 g/mol. The number of fused-ring (bicyclic) bond motifs is 1. The van der Waals surface area contributed by atoms with Crippen molar-refractivity contribution in [2.45, 2.75) is 25.9 Å². The molecule has 0 radical (unpaired) electrons. The standard InChI is InChI=1S/C20H23NO4/c1-21(13-16-4-2-3-15(11-16)6-8-20(22)23)14-17-5-7-18-19(12-17)25-10-9-24-18/h2-5,7,11-12H,6,8-10,13-14H2,1H3,(H,22,23). The molecular weight excluding hydrogens is 318 g/mol. The molecule has 0 saturated heterocycles. The van der Waals surface area contributed by atoms with Crippen molar-refractivity contribution in [3.05, 3.63) is 59.2 Å². The third kappa shape index (κ3) is 4.97. The molecule has 5 heteroatoms. The zero-order chi connectivity index (χ0) is 17.6. The summed E-state index contributed by atoms with van der Waals surface area (Å²) in [7, 11) is 2.07. The van der Waals surface area contributed by atoms with Gasteiger partial charge in [-0.2, -0.15) is 0 Å². The van der Waals surface area contributed by atoms with E-state index in [0.717, 1.165) is 30.2 Å². The molecule has 2 aromatic carbocycles. The molecule has 1 heterocycles. The van der Waals surface area contributed by atoms with Gasteiger partial charge in [0.2, 0.25) is 0 Å². The van der Waals surface area contributed by atoms with Gasteiger partial charge in [-0.1, -0.05) is 30.3 Å². The number of hydrogen-bond donors (Lipinski definition) is 1. The Morgan fingerprint density at radius 1 is 1.00 bits per heavy atom. The highest BCUT2D eigenvalue weighted by Gasteiger charge is 2.12. The van der Waals surface area contributed by atoms with Crippen molar-refractivity contribution in [2.75, 3.05) is 20.3 Å². The second kappa shape index (κ2) is 8.03. The maximum absolute atomic E-state index is 10.7. The quantitative estimate of drug-likeness (QED) is 0.838. The Hall–Kier alpha value is -2.53. The van der Waals surface area contributed by atoms with E-state index in [1.807, 2.05) is 24.3 Å². The van der Waals surface area contributed by atoms with E-state index in [2.05, 4.69) is 30.1 Å². The lowest BCUT2D eigenvalue weighted by molar-refractivity contribution is -0.136. The highest BCUT2D eigenvalue weighted by Crippen LogP contribution is 2.31. The smallest absolute Gasteiger partial charge is 0.303 e. The molecule has 0 fully saturated rings. The molecule has 0 amide bonds. The van der Waals surface area contributed by atoms with Gasteiger partial charge >= 0.3 is 5.97 Å². The van der Waals surface area contributed by atoms with Gasteiger partial charge in [0.1, 0.15) is 13.2 Å². The van der Waals surface area contributed by atoms with Crippen LogP contribution in [0.25, 0.3) is 0 Å². The van der Waals surface area contributed by atoms with Crippen LogP contribution in [0.1, 0.15) is 23.1 Å². The minimum Gasteiger partial charge on any atom is -0.486 e. The second-order valence-electron chi connectivity index (χ2n) is 6.36. The molecule has 1 aliphatic rings. The van der Waals surface area contributed by atoms with E-state index < -0.39 is 5.97 Å². The maximum Gasteiger partial charge on any atom is 0.303 e. The Balaban J connectivity index is 1.59. The first-order valence-corrected chi connectivity index (χ1v) is 8.47. The minimum absolute atomic E-state index is 0.163. The number of carboxylic acids is 1. The number of benzene rings is 2. The molecule has 0 aliphatic carbocycles. The van der Waals surface area contributed by atoms with Gasteiger partial charge in [-0.05, 0) is 42.3 Å². The topological polar surface area (TPSA) is 59.0 Å². The summed E-state index contributed by atoms with van der Waals surface area (Å²) < 4.78 is 11.2. The number of carboxylic acid groups (broad SMARTS) is 1. The summed E-state index contributed by atoms with van der Waals surface area (Å²) >= 11 is 0. The Bertz CT molecular complexity index is 744. The third-order valence-electron chi connectivity index (χ3n) is 4.13. The molecule has 0 aromatic heterocycles. The van der Waals surface area contributed by atoms with E-state index in [4.69, 9.17) is 14.6 Å². The summed E-state index contributed by atoms with van der Waals surface area (Å²) in [5, 5.41) is 8.81. The summed E-state index contributed by atoms with van der Waals surface area (Å²) in [5.74, 6) is 0.859. The molecule has 25 heavy (non-hydrogen) atoms. The second-order valence-corrected chi connectivity index (χ2v) is 6.36. The van der Waals surface area contributed by atoms with Crippen LogP contribution in [0, 0.1) is 0 Å². The molecule has 0 unspecified atom stereocenters. The van der Waals surface area contributed by atoms with Gasteiger partial charge in [-0.15, -0.1) is 0 Å². The van der Waals surface area contributed by atoms with Crippen molar-refractivity contribution in [3.63, 3.8) is 0 Å². The lowest BCUT2D eigenvalue weighted by atomic mass is 10.1. The van der Waals surface area contributed by atoms with E-state index in [1.165, 1.54) is 11.1 Å². The van der Waals surface area contributed by atoms with Crippen LogP contribution < -0.4 is 9.47 Å². The molecular formula is C20H23NO4. The van der Waals surface area contributed by atoms with Gasteiger partial charge in [0.05, 0.1) is 0 Å². The lowest BCUT2D eigenvalue weighted by Gasteiger charge is -2.21. The highest BCUT2D eigenvalue weighted by atomic mass is 16.6. The first-order chi connectivity index (χ1) is 12.1. The van der Waals surface area contributed by atoms with Crippen molar-refractivity contribution >= 4 is 5.97 Å². The first-order valence-electron chi connectivity index (χ1n) is 8.47. The van der Waals surface area contributed by atoms with Crippen LogP contribution in [0.15, 0.2) is 42.5 Å². The fourth-order valence-electron chi connectivity index (χ4n) is 3.00. The first kappa shape index (κ1) is 17.3. The number of nitrogens with zero attached hydrogens (tertiary/aromatic N) is 1. The predicted molar refractivity (Wildman–Crippen MR) is 95.0 cm³/mol. The van der Waals surface area contributed by atoms with Crippen molar-refractivity contribution < 1.29 is 19.4 Å². The zero-order valence-corrected chi connectivity index (χ0v) is 14.4. The largest absolute Gasteiger partial charge is 0.486 e. The molecule has 132 valence electrons. The molecule has 5 nitrogen and oxygen atoms in total. The van der Waals surface area contributed by atoms with E-state index in [1.54, 1.807) is 0 Å². The maximum atomic E-state index is 10.7. The number of carbonyl (C=O) groups is 1. The summed E-state index contributed by atoms with van der Waals surface area (Å²) in [6.07, 6.45) is 0.728. The highest BCUT2D eigenvalue weighted by molar-refractivity contribution is 5.67. The lowest BCUT2D eigenvalue weighted by Crippen LogP contribution is -2.18. The molecule has 0 atom stereocenters. The van der Waals surface area contributed by atoms with E-state index in [0.29, 0.717) is 19.6 Å². The molecule has 0 bridgehead atoms. The summed E-state index contributed by atoms with van der Waals surface area (Å²) in [6.45, 7) is 2.80. The van der Waals surface area contributed by atoms with E-state index >= 15 is 0 Å². The summed E-state index contributed by atoms with van der Waals surface area (Å²) in [5.41, 5.74) is 3.42. The molecule has 0 saturated carbocycles. The van der Waals surface area contributed by atoms with Gasteiger partial charge in [0.25, 0.3) is 0 Å². The Labute approximate surface area is 147 Å². The normalized spacial score (nSPS) is 13.0. The number of rotatable bonds is 7. The number of ether oxygens (including phenoxy) is 2. The van der Waals surface area contributed by atoms with Crippen LogP contribution >= 0.6 is 0 Å². The Morgan fingerprint density at radius 3 is 2.44 bits per heavy atom. The SMILES string of the molecule is CN(Cc1cccc(CCC(=O)O)c1)Cc1ccc2c(c1)OCCO2. The number of aliphatic carboxylic acids is 1. The Kier molecular flexibility index (Phi) is 5.56. The minimum atomic E-state index is -0.763. The van der Waals surface area contributed by atoms with Crippen molar-refractivity contribution in [3.8, 4) is 11.5 Å². The van der Waals surface area contributed by atoms with Crippen molar-refractivity contribution in [1.82, 2.24) is 4.90 Å².